The maximum absolute atomic E-state index is 2.40. The third-order valence-corrected chi connectivity index (χ3v) is 2.46. The van der Waals surface area contributed by atoms with Gasteiger partial charge in [-0.3, -0.25) is 4.31 Å². The highest BCUT2D eigenvalue weighted by molar-refractivity contribution is 7.97. The molecule has 0 aliphatic carbocycles. The summed E-state index contributed by atoms with van der Waals surface area (Å²) in [4.78, 5) is 0. The van der Waals surface area contributed by atoms with Crippen molar-refractivity contribution >= 4 is 11.9 Å². The minimum absolute atomic E-state index is 1.21. The van der Waals surface area contributed by atoms with Gasteiger partial charge in [0.1, 0.15) is 0 Å². The van der Waals surface area contributed by atoms with E-state index in [1.165, 1.54) is 25.3 Å². The molecule has 0 aromatic carbocycles. The average Bonchev–Trinajstić information content (AvgIpc) is 2.14. The molecule has 1 saturated heterocycles. The van der Waals surface area contributed by atoms with Crippen LogP contribution in [0.1, 0.15) is 13.3 Å². The van der Waals surface area contributed by atoms with Gasteiger partial charge in [-0.2, -0.15) is 0 Å². The topological polar surface area (TPSA) is 3.24 Å². The number of hydrogen-bond donors (Lipinski definition) is 0. The van der Waals surface area contributed by atoms with Crippen LogP contribution in [0.3, 0.4) is 0 Å². The number of rotatable bonds is 1. The Bertz CT molecular complexity index is 50.0. The molecular weight excluding hydrogens is 106 g/mol. The summed E-state index contributed by atoms with van der Waals surface area (Å²) in [5, 5.41) is 0. The van der Waals surface area contributed by atoms with Crippen molar-refractivity contribution in [3.8, 4) is 0 Å². The van der Waals surface area contributed by atoms with Crippen LogP contribution in [0.4, 0.5) is 0 Å². The van der Waals surface area contributed by atoms with Gasteiger partial charge >= 0.3 is 0 Å². The first-order valence-corrected chi connectivity index (χ1v) is 3.75. The van der Waals surface area contributed by atoms with Crippen LogP contribution in [0.5, 0.6) is 0 Å². The summed E-state index contributed by atoms with van der Waals surface area (Å²) in [5.41, 5.74) is 0. The smallest absolute Gasteiger partial charge is 0.00975 e. The second kappa shape index (κ2) is 2.58. The largest absolute Gasteiger partial charge is 0.251 e. The molecular formula is C5H11NS. The van der Waals surface area contributed by atoms with Crippen molar-refractivity contribution < 1.29 is 0 Å². The second-order valence-corrected chi connectivity index (χ2v) is 2.89. The summed E-state index contributed by atoms with van der Waals surface area (Å²) in [6.45, 7) is 4.73. The maximum atomic E-state index is 2.40. The normalized spacial score (nSPS) is 23.6. The molecule has 1 nitrogen and oxygen atoms in total. The lowest BCUT2D eigenvalue weighted by Gasteiger charge is -2.06. The summed E-state index contributed by atoms with van der Waals surface area (Å²) in [7, 11) is 0. The summed E-state index contributed by atoms with van der Waals surface area (Å²) in [5.74, 6) is 1.34. The van der Waals surface area contributed by atoms with Crippen LogP contribution in [0, 0.1) is 0 Å². The Morgan fingerprint density at radius 3 is 2.86 bits per heavy atom. The van der Waals surface area contributed by atoms with Gasteiger partial charge in [0, 0.05) is 18.8 Å². The monoisotopic (exact) mass is 117 g/mol. The van der Waals surface area contributed by atoms with E-state index in [9.17, 15) is 0 Å². The Balaban J connectivity index is 2.14. The molecule has 0 amide bonds. The molecule has 1 aliphatic rings. The van der Waals surface area contributed by atoms with Crippen LogP contribution in [-0.2, 0) is 0 Å². The van der Waals surface area contributed by atoms with Crippen LogP contribution >= 0.6 is 11.9 Å². The van der Waals surface area contributed by atoms with Crippen molar-refractivity contribution in [3.05, 3.63) is 0 Å². The van der Waals surface area contributed by atoms with Crippen molar-refractivity contribution in [1.82, 2.24) is 4.31 Å². The van der Waals surface area contributed by atoms with Crippen LogP contribution in [0.25, 0.3) is 0 Å². The van der Waals surface area contributed by atoms with Crippen LogP contribution in [0.15, 0.2) is 0 Å². The van der Waals surface area contributed by atoms with E-state index in [-0.39, 0.29) is 0 Å². The molecule has 0 bridgehead atoms. The van der Waals surface area contributed by atoms with E-state index < -0.39 is 0 Å². The molecule has 0 N–H and O–H groups in total. The van der Waals surface area contributed by atoms with Crippen molar-refractivity contribution in [2.75, 3.05) is 18.8 Å². The first-order valence-electron chi connectivity index (χ1n) is 2.81. The highest BCUT2D eigenvalue weighted by atomic mass is 32.2. The third kappa shape index (κ3) is 1.35. The van der Waals surface area contributed by atoms with Crippen molar-refractivity contribution in [2.45, 2.75) is 13.3 Å². The predicted octanol–water partition coefficient (Wildman–Crippen LogP) is 1.36. The highest BCUT2D eigenvalue weighted by Crippen LogP contribution is 2.17. The van der Waals surface area contributed by atoms with E-state index in [4.69, 9.17) is 0 Å². The fourth-order valence-electron chi connectivity index (χ4n) is 0.749. The Morgan fingerprint density at radius 1 is 1.71 bits per heavy atom. The summed E-state index contributed by atoms with van der Waals surface area (Å²) in [6.07, 6.45) is 1.39. The molecule has 0 aromatic rings. The van der Waals surface area contributed by atoms with E-state index in [0.717, 1.165) is 0 Å². The lowest BCUT2D eigenvalue weighted by Crippen LogP contribution is -2.08. The van der Waals surface area contributed by atoms with E-state index in [1.807, 2.05) is 11.9 Å². The lowest BCUT2D eigenvalue weighted by molar-refractivity contribution is 0.523. The van der Waals surface area contributed by atoms with Crippen molar-refractivity contribution in [2.24, 2.45) is 0 Å². The Kier molecular flexibility index (Phi) is 2.00. The second-order valence-electron chi connectivity index (χ2n) is 1.71. The minimum atomic E-state index is 1.21. The third-order valence-electron chi connectivity index (χ3n) is 1.18. The first-order chi connectivity index (χ1) is 3.43. The van der Waals surface area contributed by atoms with E-state index in [1.54, 1.807) is 0 Å². The first kappa shape index (κ1) is 5.45. The average molecular weight is 117 g/mol. The Hall–Kier alpha value is 0.310. The van der Waals surface area contributed by atoms with Crippen LogP contribution in [0.2, 0.25) is 0 Å². The van der Waals surface area contributed by atoms with Gasteiger partial charge in [0.2, 0.25) is 0 Å². The van der Waals surface area contributed by atoms with Gasteiger partial charge in [0.05, 0.1) is 0 Å². The zero-order chi connectivity index (χ0) is 5.11. The summed E-state index contributed by atoms with van der Waals surface area (Å²) in [6, 6.07) is 0. The van der Waals surface area contributed by atoms with Gasteiger partial charge in [-0.1, -0.05) is 18.9 Å². The fraction of sp³-hybridized carbons (Fsp3) is 1.00. The van der Waals surface area contributed by atoms with Gasteiger partial charge in [0.15, 0.2) is 0 Å². The van der Waals surface area contributed by atoms with Crippen LogP contribution < -0.4 is 0 Å². The standard InChI is InChI=1S/C5H11NS/c1-2-6-4-3-5-7-6/h2-5H2,1H3. The molecule has 42 valence electrons. The predicted molar refractivity (Wildman–Crippen MR) is 34.3 cm³/mol. The quantitative estimate of drug-likeness (QED) is 0.477. The molecule has 0 spiro atoms. The van der Waals surface area contributed by atoms with Gasteiger partial charge in [0.25, 0.3) is 0 Å². The Labute approximate surface area is 49.2 Å². The molecule has 2 heteroatoms. The molecule has 1 fully saturated rings. The minimum Gasteiger partial charge on any atom is -0.251 e. The summed E-state index contributed by atoms with van der Waals surface area (Å²) < 4.78 is 2.40. The van der Waals surface area contributed by atoms with Gasteiger partial charge < -0.3 is 0 Å². The molecule has 0 radical (unpaired) electrons. The molecule has 7 heavy (non-hydrogen) atoms. The van der Waals surface area contributed by atoms with E-state index in [2.05, 4.69) is 11.2 Å². The SMILES string of the molecule is CCN1CCCS1. The molecule has 0 atom stereocenters. The zero-order valence-electron chi connectivity index (χ0n) is 4.68. The van der Waals surface area contributed by atoms with E-state index in [0.29, 0.717) is 0 Å². The van der Waals surface area contributed by atoms with Crippen LogP contribution in [-0.4, -0.2) is 23.1 Å². The van der Waals surface area contributed by atoms with Gasteiger partial charge in [-0.15, -0.1) is 0 Å². The maximum Gasteiger partial charge on any atom is 0.00975 e. The van der Waals surface area contributed by atoms with Gasteiger partial charge in [-0.25, -0.2) is 0 Å². The van der Waals surface area contributed by atoms with Gasteiger partial charge in [-0.05, 0) is 6.42 Å². The fourth-order valence-corrected chi connectivity index (χ4v) is 1.71. The number of hydrogen-bond acceptors (Lipinski definition) is 2. The highest BCUT2D eigenvalue weighted by Gasteiger charge is 2.07. The molecule has 0 saturated carbocycles. The number of nitrogens with zero attached hydrogens (tertiary/aromatic N) is 1. The van der Waals surface area contributed by atoms with Crippen molar-refractivity contribution in [3.63, 3.8) is 0 Å². The molecule has 1 rings (SSSR count). The van der Waals surface area contributed by atoms with Crippen molar-refractivity contribution in [1.29, 1.82) is 0 Å². The Morgan fingerprint density at radius 2 is 2.57 bits per heavy atom. The zero-order valence-corrected chi connectivity index (χ0v) is 5.50. The molecule has 0 aromatic heterocycles. The lowest BCUT2D eigenvalue weighted by atomic mass is 10.5. The molecule has 1 aliphatic heterocycles. The summed E-state index contributed by atoms with van der Waals surface area (Å²) >= 11 is 1.98. The molecule has 0 unspecified atom stereocenters. The van der Waals surface area contributed by atoms with E-state index >= 15 is 0 Å². The molecule has 1 heterocycles.